The normalized spacial score (nSPS) is 11.3. The van der Waals surface area contributed by atoms with Crippen LogP contribution >= 0.6 is 0 Å². The van der Waals surface area contributed by atoms with Crippen LogP contribution in [0.1, 0.15) is 37.8 Å². The molecule has 3 rings (SSSR count). The van der Waals surface area contributed by atoms with E-state index in [2.05, 4.69) is 19.9 Å². The number of rotatable bonds is 4. The van der Waals surface area contributed by atoms with Gasteiger partial charge in [-0.05, 0) is 42.2 Å². The maximum Gasteiger partial charge on any atom is 0.200 e. The second kappa shape index (κ2) is 5.72. The average molecular weight is 280 g/mol. The van der Waals surface area contributed by atoms with Crippen molar-refractivity contribution in [3.05, 3.63) is 57.7 Å². The molecule has 0 fully saturated rings. The Balaban J connectivity index is 2.40. The number of aryl methyl sites for hydroxylation is 2. The first kappa shape index (κ1) is 13.9. The summed E-state index contributed by atoms with van der Waals surface area (Å²) in [4.78, 5) is 12.8. The molecule has 3 aromatic rings. The minimum absolute atomic E-state index is 0.0957. The molecule has 0 saturated heterocycles. The number of para-hydroxylation sites is 1. The third-order valence-electron chi connectivity index (χ3n) is 3.88. The Kier molecular flexibility index (Phi) is 3.78. The number of hydrogen-bond acceptors (Lipinski definition) is 2. The number of benzene rings is 2. The zero-order valence-corrected chi connectivity index (χ0v) is 12.6. The largest absolute Gasteiger partial charge is 0.456 e. The Bertz CT molecular complexity index is 843. The highest BCUT2D eigenvalue weighted by Gasteiger charge is 2.12. The molecule has 2 aromatic carbocycles. The fourth-order valence-electron chi connectivity index (χ4n) is 2.97. The Morgan fingerprint density at radius 1 is 0.952 bits per heavy atom. The van der Waals surface area contributed by atoms with Crippen LogP contribution in [0, 0.1) is 0 Å². The zero-order valence-electron chi connectivity index (χ0n) is 12.6. The molecule has 0 aliphatic heterocycles. The van der Waals surface area contributed by atoms with Crippen LogP contribution in [0.3, 0.4) is 0 Å². The van der Waals surface area contributed by atoms with Crippen molar-refractivity contribution in [2.45, 2.75) is 39.5 Å². The highest BCUT2D eigenvalue weighted by molar-refractivity contribution is 5.91. The van der Waals surface area contributed by atoms with Gasteiger partial charge in [0.15, 0.2) is 0 Å². The highest BCUT2D eigenvalue weighted by Crippen LogP contribution is 2.24. The van der Waals surface area contributed by atoms with Crippen LogP contribution in [-0.4, -0.2) is 0 Å². The molecule has 1 heterocycles. The van der Waals surface area contributed by atoms with E-state index >= 15 is 0 Å². The molecule has 0 unspecified atom stereocenters. The van der Waals surface area contributed by atoms with Gasteiger partial charge in [-0.2, -0.15) is 0 Å². The van der Waals surface area contributed by atoms with E-state index < -0.39 is 0 Å². The molecule has 0 radical (unpaired) electrons. The number of hydrogen-bond donors (Lipinski definition) is 0. The maximum atomic E-state index is 12.8. The lowest BCUT2D eigenvalue weighted by Gasteiger charge is -2.09. The summed E-state index contributed by atoms with van der Waals surface area (Å²) >= 11 is 0. The predicted molar refractivity (Wildman–Crippen MR) is 88.0 cm³/mol. The molecule has 0 spiro atoms. The molecule has 21 heavy (non-hydrogen) atoms. The molecule has 0 bridgehead atoms. The van der Waals surface area contributed by atoms with Crippen molar-refractivity contribution in [2.75, 3.05) is 0 Å². The van der Waals surface area contributed by atoms with E-state index in [0.717, 1.165) is 42.2 Å². The molecule has 0 amide bonds. The van der Waals surface area contributed by atoms with Gasteiger partial charge in [0.05, 0.1) is 10.8 Å². The van der Waals surface area contributed by atoms with E-state index in [-0.39, 0.29) is 5.43 Å². The minimum Gasteiger partial charge on any atom is -0.456 e. The fourth-order valence-corrected chi connectivity index (χ4v) is 2.97. The molecule has 0 N–H and O–H groups in total. The van der Waals surface area contributed by atoms with Gasteiger partial charge in [-0.15, -0.1) is 0 Å². The van der Waals surface area contributed by atoms with Crippen molar-refractivity contribution in [3.63, 3.8) is 0 Å². The maximum absolute atomic E-state index is 12.8. The van der Waals surface area contributed by atoms with Crippen LogP contribution in [0.15, 0.2) is 45.6 Å². The van der Waals surface area contributed by atoms with Gasteiger partial charge in [0.2, 0.25) is 5.43 Å². The molecule has 108 valence electrons. The van der Waals surface area contributed by atoms with Gasteiger partial charge in [0, 0.05) is 0 Å². The van der Waals surface area contributed by atoms with Crippen molar-refractivity contribution in [1.82, 2.24) is 0 Å². The molecule has 0 atom stereocenters. The first-order valence-corrected chi connectivity index (χ1v) is 7.72. The van der Waals surface area contributed by atoms with Crippen LogP contribution in [0.2, 0.25) is 0 Å². The van der Waals surface area contributed by atoms with Gasteiger partial charge < -0.3 is 4.42 Å². The molecule has 0 aliphatic rings. The van der Waals surface area contributed by atoms with E-state index in [1.54, 1.807) is 0 Å². The highest BCUT2D eigenvalue weighted by atomic mass is 16.3. The standard InChI is InChI=1S/C19H20O2/c1-3-7-13-11-14(8-4-2)18-17(12-13)21-16-10-6-5-9-15(16)19(18)20/h5-6,9-12H,3-4,7-8H2,1-2H3. The molecular formula is C19H20O2. The number of fused-ring (bicyclic) bond motifs is 2. The first-order valence-electron chi connectivity index (χ1n) is 7.72. The van der Waals surface area contributed by atoms with E-state index in [4.69, 9.17) is 4.42 Å². The Morgan fingerprint density at radius 2 is 1.71 bits per heavy atom. The van der Waals surface area contributed by atoms with Gasteiger partial charge in [0.1, 0.15) is 11.2 Å². The van der Waals surface area contributed by atoms with Crippen LogP contribution in [-0.2, 0) is 12.8 Å². The predicted octanol–water partition coefficient (Wildman–Crippen LogP) is 4.85. The van der Waals surface area contributed by atoms with Gasteiger partial charge in [-0.25, -0.2) is 0 Å². The van der Waals surface area contributed by atoms with Crippen molar-refractivity contribution in [3.8, 4) is 0 Å². The van der Waals surface area contributed by atoms with Crippen LogP contribution in [0.25, 0.3) is 21.9 Å². The van der Waals surface area contributed by atoms with Crippen molar-refractivity contribution in [2.24, 2.45) is 0 Å². The van der Waals surface area contributed by atoms with Crippen molar-refractivity contribution >= 4 is 21.9 Å². The van der Waals surface area contributed by atoms with Crippen LogP contribution < -0.4 is 5.43 Å². The molecule has 2 heteroatoms. The monoisotopic (exact) mass is 280 g/mol. The summed E-state index contributed by atoms with van der Waals surface area (Å²) in [6, 6.07) is 11.7. The van der Waals surface area contributed by atoms with Crippen LogP contribution in [0.5, 0.6) is 0 Å². The molecule has 1 aromatic heterocycles. The quantitative estimate of drug-likeness (QED) is 0.639. The first-order chi connectivity index (χ1) is 10.2. The summed E-state index contributed by atoms with van der Waals surface area (Å²) in [6.45, 7) is 4.31. The van der Waals surface area contributed by atoms with Gasteiger partial charge in [0.25, 0.3) is 0 Å². The summed E-state index contributed by atoms with van der Waals surface area (Å²) < 4.78 is 6.00. The Morgan fingerprint density at radius 3 is 2.48 bits per heavy atom. The third-order valence-corrected chi connectivity index (χ3v) is 3.88. The smallest absolute Gasteiger partial charge is 0.200 e. The van der Waals surface area contributed by atoms with Crippen molar-refractivity contribution in [1.29, 1.82) is 0 Å². The Labute approximate surface area is 124 Å². The van der Waals surface area contributed by atoms with Crippen molar-refractivity contribution < 1.29 is 4.42 Å². The SMILES string of the molecule is CCCc1cc(CCC)c2c(=O)c3ccccc3oc2c1. The molecule has 0 aliphatic carbocycles. The Hall–Kier alpha value is -2.09. The fraction of sp³-hybridized carbons (Fsp3) is 0.316. The third kappa shape index (κ3) is 2.46. The van der Waals surface area contributed by atoms with E-state index in [9.17, 15) is 4.79 Å². The molecule has 0 saturated carbocycles. The lowest BCUT2D eigenvalue weighted by atomic mass is 9.98. The lowest BCUT2D eigenvalue weighted by Crippen LogP contribution is -2.06. The summed E-state index contributed by atoms with van der Waals surface area (Å²) in [6.07, 6.45) is 4.05. The second-order valence-electron chi connectivity index (χ2n) is 5.56. The van der Waals surface area contributed by atoms with Gasteiger partial charge in [-0.3, -0.25) is 4.79 Å². The van der Waals surface area contributed by atoms with Crippen LogP contribution in [0.4, 0.5) is 0 Å². The topological polar surface area (TPSA) is 30.2 Å². The zero-order chi connectivity index (χ0) is 14.8. The molecular weight excluding hydrogens is 260 g/mol. The summed E-state index contributed by atoms with van der Waals surface area (Å²) in [5.41, 5.74) is 3.88. The lowest BCUT2D eigenvalue weighted by molar-refractivity contribution is 0.658. The summed E-state index contributed by atoms with van der Waals surface area (Å²) in [5.74, 6) is 0. The van der Waals surface area contributed by atoms with Gasteiger partial charge in [-0.1, -0.05) is 44.9 Å². The molecule has 2 nitrogen and oxygen atoms in total. The van der Waals surface area contributed by atoms with E-state index in [1.165, 1.54) is 5.56 Å². The summed E-state index contributed by atoms with van der Waals surface area (Å²) in [7, 11) is 0. The van der Waals surface area contributed by atoms with E-state index in [1.807, 2.05) is 30.3 Å². The second-order valence-corrected chi connectivity index (χ2v) is 5.56. The average Bonchev–Trinajstić information content (AvgIpc) is 2.48. The minimum atomic E-state index is 0.0957. The summed E-state index contributed by atoms with van der Waals surface area (Å²) in [5, 5.41) is 1.43. The van der Waals surface area contributed by atoms with Gasteiger partial charge >= 0.3 is 0 Å². The van der Waals surface area contributed by atoms with E-state index in [0.29, 0.717) is 11.0 Å².